The number of nitrogens with one attached hydrogen (secondary N) is 2. The van der Waals surface area contributed by atoms with Gasteiger partial charge in [-0.3, -0.25) is 4.99 Å². The molecular formula is C16H24F2IN3O2. The first kappa shape index (κ1) is 20.9. The van der Waals surface area contributed by atoms with Gasteiger partial charge in [-0.1, -0.05) is 0 Å². The standard InChI is InChI=1S/C16H23F2N3O2.HI/c1-16(6-3-8-23-16)11-21-15(19-2)20-7-9-22-14-5-4-12(17)10-13(14)18;/h4-5,10H,3,6-9,11H2,1-2H3,(H2,19,20,21);1H. The molecule has 0 aliphatic carbocycles. The molecule has 0 spiro atoms. The third kappa shape index (κ3) is 6.39. The van der Waals surface area contributed by atoms with Crippen molar-refractivity contribution in [3.05, 3.63) is 29.8 Å². The van der Waals surface area contributed by atoms with Crippen molar-refractivity contribution in [2.75, 3.05) is 33.4 Å². The maximum atomic E-state index is 13.4. The summed E-state index contributed by atoms with van der Waals surface area (Å²) in [5, 5.41) is 6.28. The first-order chi connectivity index (χ1) is 11.0. The van der Waals surface area contributed by atoms with Gasteiger partial charge in [-0.25, -0.2) is 8.78 Å². The van der Waals surface area contributed by atoms with Crippen molar-refractivity contribution in [2.24, 2.45) is 4.99 Å². The van der Waals surface area contributed by atoms with Crippen molar-refractivity contribution in [3.8, 4) is 5.75 Å². The first-order valence-electron chi connectivity index (χ1n) is 7.69. The Morgan fingerprint density at radius 3 is 2.79 bits per heavy atom. The van der Waals surface area contributed by atoms with Gasteiger partial charge in [0.05, 0.1) is 12.1 Å². The van der Waals surface area contributed by atoms with Crippen LogP contribution in [0.4, 0.5) is 8.78 Å². The van der Waals surface area contributed by atoms with E-state index in [1.54, 1.807) is 7.05 Å². The van der Waals surface area contributed by atoms with Crippen LogP contribution in [0.15, 0.2) is 23.2 Å². The second kappa shape index (κ2) is 9.97. The minimum absolute atomic E-state index is 0. The molecule has 0 bridgehead atoms. The van der Waals surface area contributed by atoms with Crippen LogP contribution in [0.25, 0.3) is 0 Å². The van der Waals surface area contributed by atoms with Crippen molar-refractivity contribution in [2.45, 2.75) is 25.4 Å². The summed E-state index contributed by atoms with van der Waals surface area (Å²) in [6, 6.07) is 3.23. The van der Waals surface area contributed by atoms with Gasteiger partial charge in [-0.15, -0.1) is 24.0 Å². The van der Waals surface area contributed by atoms with Gasteiger partial charge in [-0.05, 0) is 31.9 Å². The first-order valence-corrected chi connectivity index (χ1v) is 7.69. The fraction of sp³-hybridized carbons (Fsp3) is 0.562. The monoisotopic (exact) mass is 455 g/mol. The highest BCUT2D eigenvalue weighted by atomic mass is 127. The Hall–Kier alpha value is -1.16. The maximum Gasteiger partial charge on any atom is 0.191 e. The average Bonchev–Trinajstić information content (AvgIpc) is 2.95. The molecule has 1 heterocycles. The predicted octanol–water partition coefficient (Wildman–Crippen LogP) is 2.70. The van der Waals surface area contributed by atoms with Crippen LogP contribution in [-0.2, 0) is 4.74 Å². The smallest absolute Gasteiger partial charge is 0.191 e. The van der Waals surface area contributed by atoms with Crippen LogP contribution in [0.3, 0.4) is 0 Å². The van der Waals surface area contributed by atoms with E-state index in [4.69, 9.17) is 9.47 Å². The summed E-state index contributed by atoms with van der Waals surface area (Å²) in [5.74, 6) is -0.674. The Labute approximate surface area is 158 Å². The molecule has 0 amide bonds. The molecule has 0 aromatic heterocycles. The number of benzene rings is 1. The number of nitrogens with zero attached hydrogens (tertiary/aromatic N) is 1. The second-order valence-corrected chi connectivity index (χ2v) is 5.68. The third-order valence-electron chi connectivity index (χ3n) is 3.70. The van der Waals surface area contributed by atoms with Crippen molar-refractivity contribution in [1.29, 1.82) is 0 Å². The summed E-state index contributed by atoms with van der Waals surface area (Å²) in [4.78, 5) is 4.11. The molecule has 2 rings (SSSR count). The Balaban J connectivity index is 0.00000288. The van der Waals surface area contributed by atoms with Gasteiger partial charge >= 0.3 is 0 Å². The third-order valence-corrected chi connectivity index (χ3v) is 3.70. The van der Waals surface area contributed by atoms with Crippen LogP contribution in [0, 0.1) is 11.6 Å². The van der Waals surface area contributed by atoms with Crippen LogP contribution in [0.5, 0.6) is 5.75 Å². The Morgan fingerprint density at radius 2 is 2.17 bits per heavy atom. The van der Waals surface area contributed by atoms with E-state index in [2.05, 4.69) is 22.5 Å². The van der Waals surface area contributed by atoms with Gasteiger partial charge < -0.3 is 20.1 Å². The zero-order valence-corrected chi connectivity index (χ0v) is 16.2. The topological polar surface area (TPSA) is 54.9 Å². The highest BCUT2D eigenvalue weighted by Crippen LogP contribution is 2.23. The highest BCUT2D eigenvalue weighted by molar-refractivity contribution is 14.0. The van der Waals surface area contributed by atoms with Crippen molar-refractivity contribution in [1.82, 2.24) is 10.6 Å². The molecule has 1 atom stereocenters. The number of hydrogen-bond donors (Lipinski definition) is 2. The van der Waals surface area contributed by atoms with E-state index in [1.165, 1.54) is 6.07 Å². The summed E-state index contributed by atoms with van der Waals surface area (Å²) in [6.07, 6.45) is 2.09. The SMILES string of the molecule is CN=C(NCCOc1ccc(F)cc1F)NCC1(C)CCCO1.I. The van der Waals surface area contributed by atoms with Crippen LogP contribution < -0.4 is 15.4 Å². The van der Waals surface area contributed by atoms with E-state index in [-0.39, 0.29) is 41.9 Å². The summed E-state index contributed by atoms with van der Waals surface area (Å²) < 4.78 is 37.2. The molecule has 8 heteroatoms. The van der Waals surface area contributed by atoms with Crippen LogP contribution in [-0.4, -0.2) is 44.9 Å². The van der Waals surface area contributed by atoms with Crippen molar-refractivity contribution in [3.63, 3.8) is 0 Å². The summed E-state index contributed by atoms with van der Waals surface area (Å²) >= 11 is 0. The molecule has 136 valence electrons. The molecule has 0 radical (unpaired) electrons. The lowest BCUT2D eigenvalue weighted by Gasteiger charge is -2.24. The van der Waals surface area contributed by atoms with Gasteiger partial charge in [-0.2, -0.15) is 0 Å². The minimum atomic E-state index is -0.709. The summed E-state index contributed by atoms with van der Waals surface area (Å²) in [5.41, 5.74) is -0.161. The van der Waals surface area contributed by atoms with E-state index in [1.807, 2.05) is 0 Å². The van der Waals surface area contributed by atoms with Crippen molar-refractivity contribution >= 4 is 29.9 Å². The molecule has 1 fully saturated rings. The summed E-state index contributed by atoms with van der Waals surface area (Å²) in [7, 11) is 1.67. The number of aliphatic imine (C=N–C) groups is 1. The number of rotatable bonds is 6. The lowest BCUT2D eigenvalue weighted by Crippen LogP contribution is -2.46. The lowest BCUT2D eigenvalue weighted by molar-refractivity contribution is 0.0243. The van der Waals surface area contributed by atoms with Gasteiger partial charge in [0.1, 0.15) is 12.4 Å². The molecule has 24 heavy (non-hydrogen) atoms. The largest absolute Gasteiger partial charge is 0.489 e. The Kier molecular flexibility index (Phi) is 8.68. The molecule has 1 aliphatic heterocycles. The number of guanidine groups is 1. The highest BCUT2D eigenvalue weighted by Gasteiger charge is 2.29. The zero-order chi connectivity index (χ0) is 16.7. The van der Waals surface area contributed by atoms with Gasteiger partial charge in [0.2, 0.25) is 0 Å². The maximum absolute atomic E-state index is 13.4. The fourth-order valence-electron chi connectivity index (χ4n) is 2.39. The quantitative estimate of drug-likeness (QED) is 0.300. The van der Waals surface area contributed by atoms with Gasteiger partial charge in [0.15, 0.2) is 17.5 Å². The van der Waals surface area contributed by atoms with E-state index in [9.17, 15) is 8.78 Å². The number of hydrogen-bond acceptors (Lipinski definition) is 3. The zero-order valence-electron chi connectivity index (χ0n) is 13.9. The molecule has 2 N–H and O–H groups in total. The molecule has 0 saturated carbocycles. The lowest BCUT2D eigenvalue weighted by atomic mass is 10.0. The average molecular weight is 455 g/mol. The molecule has 1 unspecified atom stereocenters. The normalized spacial score (nSPS) is 20.4. The number of ether oxygens (including phenoxy) is 2. The molecule has 1 aliphatic rings. The molecule has 1 aromatic rings. The predicted molar refractivity (Wildman–Crippen MR) is 100 cm³/mol. The van der Waals surface area contributed by atoms with Gasteiger partial charge in [0.25, 0.3) is 0 Å². The van der Waals surface area contributed by atoms with E-state index >= 15 is 0 Å². The van der Waals surface area contributed by atoms with Crippen LogP contribution in [0.1, 0.15) is 19.8 Å². The number of halogens is 3. The Morgan fingerprint density at radius 1 is 1.38 bits per heavy atom. The molecule has 1 saturated heterocycles. The van der Waals surface area contributed by atoms with E-state index in [0.717, 1.165) is 31.6 Å². The van der Waals surface area contributed by atoms with E-state index in [0.29, 0.717) is 19.0 Å². The molecular weight excluding hydrogens is 431 g/mol. The van der Waals surface area contributed by atoms with Crippen molar-refractivity contribution < 1.29 is 18.3 Å². The summed E-state index contributed by atoms with van der Waals surface area (Å²) in [6.45, 7) is 4.20. The Bertz CT molecular complexity index is 552. The molecule has 5 nitrogen and oxygen atoms in total. The minimum Gasteiger partial charge on any atom is -0.489 e. The fourth-order valence-corrected chi connectivity index (χ4v) is 2.39. The van der Waals surface area contributed by atoms with Gasteiger partial charge in [0, 0.05) is 26.3 Å². The van der Waals surface area contributed by atoms with Crippen LogP contribution in [0.2, 0.25) is 0 Å². The molecule has 1 aromatic carbocycles. The van der Waals surface area contributed by atoms with E-state index < -0.39 is 11.6 Å². The second-order valence-electron chi connectivity index (χ2n) is 5.68. The van der Waals surface area contributed by atoms with Crippen LogP contribution >= 0.6 is 24.0 Å².